The van der Waals surface area contributed by atoms with Crippen molar-refractivity contribution in [3.8, 4) is 0 Å². The predicted molar refractivity (Wildman–Crippen MR) is 59.4 cm³/mol. The maximum atomic E-state index is 11.7. The Labute approximate surface area is 90.3 Å². The van der Waals surface area contributed by atoms with E-state index in [1.54, 1.807) is 0 Å². The van der Waals surface area contributed by atoms with Gasteiger partial charge in [0.15, 0.2) is 0 Å². The number of amides is 1. The van der Waals surface area contributed by atoms with Crippen molar-refractivity contribution in [3.63, 3.8) is 0 Å². The molecule has 1 amide bonds. The second kappa shape index (κ2) is 5.11. The Morgan fingerprint density at radius 1 is 1.53 bits per heavy atom. The lowest BCUT2D eigenvalue weighted by atomic mass is 10.1. The van der Waals surface area contributed by atoms with E-state index in [0.717, 1.165) is 12.8 Å². The smallest absolute Gasteiger partial charge is 0.227 e. The first-order valence-corrected chi connectivity index (χ1v) is 5.22. The summed E-state index contributed by atoms with van der Waals surface area (Å²) >= 11 is 0. The number of amidine groups is 1. The molecule has 5 nitrogen and oxygen atoms in total. The van der Waals surface area contributed by atoms with Gasteiger partial charge in [-0.05, 0) is 19.3 Å². The normalized spacial score (nSPS) is 17.1. The van der Waals surface area contributed by atoms with Crippen LogP contribution in [0.15, 0.2) is 0 Å². The van der Waals surface area contributed by atoms with Crippen LogP contribution in [-0.4, -0.2) is 31.4 Å². The number of nitrogens with one attached hydrogen (secondary N) is 3. The molecule has 0 bridgehead atoms. The standard InChI is InChI=1S/C10H19N4O/c1-2-5-14-9(15)10(3-4-10)7-13-6-8(11)12/h13H,1-7H2,(H3,11,12)(H,14,15). The second-order valence-corrected chi connectivity index (χ2v) is 4.02. The average Bonchev–Trinajstić information content (AvgIpc) is 2.95. The highest BCUT2D eigenvalue weighted by molar-refractivity contribution is 5.85. The summed E-state index contributed by atoms with van der Waals surface area (Å²) in [6, 6.07) is 0. The molecule has 0 aromatic rings. The molecule has 0 spiro atoms. The van der Waals surface area contributed by atoms with Gasteiger partial charge in [0, 0.05) is 13.1 Å². The van der Waals surface area contributed by atoms with Crippen LogP contribution in [0.25, 0.3) is 0 Å². The molecule has 1 saturated carbocycles. The second-order valence-electron chi connectivity index (χ2n) is 4.02. The van der Waals surface area contributed by atoms with Gasteiger partial charge in [0.2, 0.25) is 5.91 Å². The number of hydrogen-bond donors (Lipinski definition) is 4. The Morgan fingerprint density at radius 3 is 2.67 bits per heavy atom. The van der Waals surface area contributed by atoms with E-state index in [4.69, 9.17) is 11.1 Å². The maximum absolute atomic E-state index is 11.7. The van der Waals surface area contributed by atoms with Crippen LogP contribution < -0.4 is 16.4 Å². The Kier molecular flexibility index (Phi) is 4.08. The fraction of sp³-hybridized carbons (Fsp3) is 0.700. The van der Waals surface area contributed by atoms with E-state index in [9.17, 15) is 4.79 Å². The molecule has 15 heavy (non-hydrogen) atoms. The molecule has 85 valence electrons. The van der Waals surface area contributed by atoms with E-state index in [0.29, 0.717) is 26.1 Å². The molecule has 5 heteroatoms. The average molecular weight is 211 g/mol. The van der Waals surface area contributed by atoms with E-state index >= 15 is 0 Å². The Bertz CT molecular complexity index is 248. The first-order chi connectivity index (χ1) is 7.10. The Morgan fingerprint density at radius 2 is 2.20 bits per heavy atom. The quantitative estimate of drug-likeness (QED) is 0.342. The van der Waals surface area contributed by atoms with Crippen LogP contribution in [0, 0.1) is 17.7 Å². The van der Waals surface area contributed by atoms with Crippen molar-refractivity contribution in [2.24, 2.45) is 11.1 Å². The third-order valence-electron chi connectivity index (χ3n) is 2.58. The van der Waals surface area contributed by atoms with Gasteiger partial charge in [-0.15, -0.1) is 0 Å². The van der Waals surface area contributed by atoms with Gasteiger partial charge in [-0.1, -0.05) is 6.92 Å². The highest BCUT2D eigenvalue weighted by Gasteiger charge is 2.49. The minimum atomic E-state index is -0.245. The number of rotatable bonds is 7. The Balaban J connectivity index is 2.26. The van der Waals surface area contributed by atoms with Crippen molar-refractivity contribution in [1.29, 1.82) is 5.41 Å². The summed E-state index contributed by atoms with van der Waals surface area (Å²) in [5, 5.41) is 12.9. The first kappa shape index (κ1) is 12.0. The summed E-state index contributed by atoms with van der Waals surface area (Å²) < 4.78 is 0. The van der Waals surface area contributed by atoms with Gasteiger partial charge < -0.3 is 16.4 Å². The monoisotopic (exact) mass is 211 g/mol. The van der Waals surface area contributed by atoms with Crippen LogP contribution >= 0.6 is 0 Å². The van der Waals surface area contributed by atoms with Gasteiger partial charge >= 0.3 is 0 Å². The number of carbonyl (C=O) groups is 1. The third-order valence-corrected chi connectivity index (χ3v) is 2.58. The van der Waals surface area contributed by atoms with E-state index in [1.165, 1.54) is 0 Å². The topological polar surface area (TPSA) is 91.0 Å². The summed E-state index contributed by atoms with van der Waals surface area (Å²) in [4.78, 5) is 11.7. The third kappa shape index (κ3) is 3.51. The maximum Gasteiger partial charge on any atom is 0.227 e. The Hall–Kier alpha value is -1.10. The van der Waals surface area contributed by atoms with Crippen LogP contribution in [0.3, 0.4) is 0 Å². The van der Waals surface area contributed by atoms with Gasteiger partial charge in [-0.25, -0.2) is 0 Å². The fourth-order valence-corrected chi connectivity index (χ4v) is 1.46. The molecule has 0 heterocycles. The van der Waals surface area contributed by atoms with Crippen molar-refractivity contribution in [3.05, 3.63) is 6.92 Å². The molecule has 1 fully saturated rings. The summed E-state index contributed by atoms with van der Waals surface area (Å²) in [5.74, 6) is 0.200. The zero-order chi connectivity index (χ0) is 11.3. The molecule has 0 aromatic heterocycles. The summed E-state index contributed by atoms with van der Waals surface area (Å²) in [6.07, 6.45) is 2.55. The lowest BCUT2D eigenvalue weighted by Crippen LogP contribution is -2.40. The van der Waals surface area contributed by atoms with Crippen LogP contribution in [-0.2, 0) is 4.79 Å². The van der Waals surface area contributed by atoms with Crippen LogP contribution in [0.5, 0.6) is 0 Å². The molecule has 0 aromatic carbocycles. The van der Waals surface area contributed by atoms with E-state index < -0.39 is 0 Å². The molecule has 1 rings (SSSR count). The van der Waals surface area contributed by atoms with E-state index in [-0.39, 0.29) is 17.2 Å². The summed E-state index contributed by atoms with van der Waals surface area (Å²) in [6.45, 7) is 5.26. The predicted octanol–water partition coefficient (Wildman–Crippen LogP) is -0.367. The lowest BCUT2D eigenvalue weighted by molar-refractivity contribution is -0.126. The SMILES string of the molecule is [CH2]CCNC(=O)C1(CNCC(=N)N)CC1. The van der Waals surface area contributed by atoms with Crippen LogP contribution in [0.1, 0.15) is 19.3 Å². The molecule has 1 aliphatic rings. The highest BCUT2D eigenvalue weighted by atomic mass is 16.2. The molecule has 0 atom stereocenters. The molecule has 0 saturated heterocycles. The van der Waals surface area contributed by atoms with Gasteiger partial charge in [0.1, 0.15) is 5.84 Å². The molecule has 0 aliphatic heterocycles. The van der Waals surface area contributed by atoms with Crippen molar-refractivity contribution in [1.82, 2.24) is 10.6 Å². The minimum absolute atomic E-state index is 0.0993. The van der Waals surface area contributed by atoms with Crippen molar-refractivity contribution >= 4 is 11.7 Å². The van der Waals surface area contributed by atoms with Crippen LogP contribution in [0.2, 0.25) is 0 Å². The van der Waals surface area contributed by atoms with E-state index in [2.05, 4.69) is 17.6 Å². The van der Waals surface area contributed by atoms with Gasteiger partial charge in [-0.2, -0.15) is 0 Å². The van der Waals surface area contributed by atoms with Gasteiger partial charge in [-0.3, -0.25) is 10.2 Å². The molecular weight excluding hydrogens is 192 g/mol. The zero-order valence-electron chi connectivity index (χ0n) is 8.94. The lowest BCUT2D eigenvalue weighted by Gasteiger charge is -2.15. The summed E-state index contributed by atoms with van der Waals surface area (Å²) in [5.41, 5.74) is 4.97. The van der Waals surface area contributed by atoms with Gasteiger partial charge in [0.25, 0.3) is 0 Å². The number of carbonyl (C=O) groups excluding carboxylic acids is 1. The highest BCUT2D eigenvalue weighted by Crippen LogP contribution is 2.45. The zero-order valence-corrected chi connectivity index (χ0v) is 8.94. The van der Waals surface area contributed by atoms with Crippen molar-refractivity contribution < 1.29 is 4.79 Å². The molecule has 5 N–H and O–H groups in total. The van der Waals surface area contributed by atoms with Gasteiger partial charge in [0.05, 0.1) is 12.0 Å². The first-order valence-electron chi connectivity index (χ1n) is 5.22. The largest absolute Gasteiger partial charge is 0.387 e. The minimum Gasteiger partial charge on any atom is -0.387 e. The molecule has 1 radical (unpaired) electrons. The van der Waals surface area contributed by atoms with Crippen molar-refractivity contribution in [2.45, 2.75) is 19.3 Å². The van der Waals surface area contributed by atoms with Crippen LogP contribution in [0.4, 0.5) is 0 Å². The van der Waals surface area contributed by atoms with Crippen molar-refractivity contribution in [2.75, 3.05) is 19.6 Å². The summed E-state index contributed by atoms with van der Waals surface area (Å²) in [7, 11) is 0. The molecular formula is C10H19N4O. The molecule has 1 aliphatic carbocycles. The molecule has 0 unspecified atom stereocenters. The number of nitrogens with two attached hydrogens (primary N) is 1. The van der Waals surface area contributed by atoms with E-state index in [1.807, 2.05) is 0 Å². The fourth-order valence-electron chi connectivity index (χ4n) is 1.46. The number of hydrogen-bond acceptors (Lipinski definition) is 3.